The number of thiophene rings is 1. The van der Waals surface area contributed by atoms with Gasteiger partial charge in [-0.15, -0.1) is 11.3 Å². The fraction of sp³-hybridized carbons (Fsp3) is 0.167. The SMILES string of the molecule is CC(Nc1c(F)cccc1Br)c1ccc(Cl)s1. The number of halogens is 3. The molecule has 17 heavy (non-hydrogen) atoms. The summed E-state index contributed by atoms with van der Waals surface area (Å²) in [5.41, 5.74) is 0.476. The Morgan fingerprint density at radius 1 is 1.35 bits per heavy atom. The Balaban J connectivity index is 2.21. The second-order valence-corrected chi connectivity index (χ2v) is 6.21. The topological polar surface area (TPSA) is 12.0 Å². The van der Waals surface area contributed by atoms with Crippen molar-refractivity contribution in [2.45, 2.75) is 13.0 Å². The summed E-state index contributed by atoms with van der Waals surface area (Å²) in [4.78, 5) is 1.07. The van der Waals surface area contributed by atoms with Crippen molar-refractivity contribution in [1.29, 1.82) is 0 Å². The molecule has 0 aliphatic rings. The molecule has 1 aromatic heterocycles. The largest absolute Gasteiger partial charge is 0.374 e. The molecule has 90 valence electrons. The fourth-order valence-corrected chi connectivity index (χ4v) is 3.00. The number of benzene rings is 1. The fourth-order valence-electron chi connectivity index (χ4n) is 1.48. The zero-order valence-electron chi connectivity index (χ0n) is 9.01. The predicted octanol–water partition coefficient (Wildman–Crippen LogP) is 5.48. The van der Waals surface area contributed by atoms with E-state index in [1.807, 2.05) is 19.1 Å². The Hall–Kier alpha value is -0.580. The first-order valence-electron chi connectivity index (χ1n) is 5.03. The van der Waals surface area contributed by atoms with Gasteiger partial charge < -0.3 is 5.32 Å². The molecule has 1 heterocycles. The van der Waals surface area contributed by atoms with E-state index in [9.17, 15) is 4.39 Å². The molecule has 2 aromatic rings. The summed E-state index contributed by atoms with van der Waals surface area (Å²) < 4.78 is 15.1. The molecule has 1 N–H and O–H groups in total. The van der Waals surface area contributed by atoms with Crippen LogP contribution in [-0.4, -0.2) is 0 Å². The summed E-state index contributed by atoms with van der Waals surface area (Å²) in [5, 5.41) is 3.14. The van der Waals surface area contributed by atoms with E-state index in [0.29, 0.717) is 10.2 Å². The van der Waals surface area contributed by atoms with Gasteiger partial charge in [-0.3, -0.25) is 0 Å². The Labute approximate surface area is 117 Å². The van der Waals surface area contributed by atoms with Crippen molar-refractivity contribution >= 4 is 44.6 Å². The van der Waals surface area contributed by atoms with Gasteiger partial charge in [-0.1, -0.05) is 17.7 Å². The van der Waals surface area contributed by atoms with Crippen molar-refractivity contribution in [3.63, 3.8) is 0 Å². The summed E-state index contributed by atoms with van der Waals surface area (Å²) in [7, 11) is 0. The summed E-state index contributed by atoms with van der Waals surface area (Å²) in [5.74, 6) is -0.270. The molecule has 0 saturated carbocycles. The van der Waals surface area contributed by atoms with Gasteiger partial charge in [-0.05, 0) is 47.1 Å². The highest BCUT2D eigenvalue weighted by atomic mass is 79.9. The van der Waals surface area contributed by atoms with E-state index in [0.717, 1.165) is 9.21 Å². The van der Waals surface area contributed by atoms with Gasteiger partial charge in [0.2, 0.25) is 0 Å². The molecular weight excluding hydrogens is 325 g/mol. The maximum atomic E-state index is 13.6. The van der Waals surface area contributed by atoms with Gasteiger partial charge in [-0.25, -0.2) is 4.39 Å². The molecule has 0 fully saturated rings. The lowest BCUT2D eigenvalue weighted by atomic mass is 10.2. The van der Waals surface area contributed by atoms with E-state index in [2.05, 4.69) is 21.2 Å². The summed E-state index contributed by atoms with van der Waals surface area (Å²) >= 11 is 10.7. The van der Waals surface area contributed by atoms with Crippen molar-refractivity contribution in [2.24, 2.45) is 0 Å². The lowest BCUT2D eigenvalue weighted by Gasteiger charge is -2.15. The molecule has 0 saturated heterocycles. The van der Waals surface area contributed by atoms with Gasteiger partial charge >= 0.3 is 0 Å². The standard InChI is InChI=1S/C12H10BrClFNS/c1-7(10-5-6-11(14)17-10)16-12-8(13)3-2-4-9(12)15/h2-7,16H,1H3. The highest BCUT2D eigenvalue weighted by Crippen LogP contribution is 2.32. The molecule has 5 heteroatoms. The molecule has 0 bridgehead atoms. The predicted molar refractivity (Wildman–Crippen MR) is 75.5 cm³/mol. The molecule has 0 spiro atoms. The normalized spacial score (nSPS) is 12.5. The number of hydrogen-bond donors (Lipinski definition) is 1. The number of hydrogen-bond acceptors (Lipinski definition) is 2. The minimum atomic E-state index is -0.270. The van der Waals surface area contributed by atoms with Gasteiger partial charge in [0, 0.05) is 9.35 Å². The molecule has 1 unspecified atom stereocenters. The van der Waals surface area contributed by atoms with E-state index in [4.69, 9.17) is 11.6 Å². The van der Waals surface area contributed by atoms with Crippen LogP contribution in [0.4, 0.5) is 10.1 Å². The first-order chi connectivity index (χ1) is 8.08. The van der Waals surface area contributed by atoms with Crippen LogP contribution in [0.2, 0.25) is 4.34 Å². The second kappa shape index (κ2) is 5.38. The van der Waals surface area contributed by atoms with Gasteiger partial charge in [0.1, 0.15) is 5.82 Å². The first kappa shape index (κ1) is 12.9. The van der Waals surface area contributed by atoms with E-state index in [1.165, 1.54) is 17.4 Å². The maximum absolute atomic E-state index is 13.6. The van der Waals surface area contributed by atoms with Crippen molar-refractivity contribution in [3.05, 3.63) is 49.8 Å². The molecule has 0 aliphatic heterocycles. The zero-order chi connectivity index (χ0) is 12.4. The number of rotatable bonds is 3. The van der Waals surface area contributed by atoms with Crippen molar-refractivity contribution in [2.75, 3.05) is 5.32 Å². The maximum Gasteiger partial charge on any atom is 0.147 e. The van der Waals surface area contributed by atoms with Crippen LogP contribution in [0.1, 0.15) is 17.8 Å². The third kappa shape index (κ3) is 3.00. The minimum Gasteiger partial charge on any atom is -0.374 e. The smallest absolute Gasteiger partial charge is 0.147 e. The van der Waals surface area contributed by atoms with Crippen LogP contribution in [0.3, 0.4) is 0 Å². The monoisotopic (exact) mass is 333 g/mol. The Kier molecular flexibility index (Phi) is 4.07. The number of nitrogens with one attached hydrogen (secondary N) is 1. The third-order valence-corrected chi connectivity index (χ3v) is 4.42. The van der Waals surface area contributed by atoms with Crippen molar-refractivity contribution in [1.82, 2.24) is 0 Å². The average molecular weight is 335 g/mol. The summed E-state index contributed by atoms with van der Waals surface area (Å²) in [6.45, 7) is 1.97. The zero-order valence-corrected chi connectivity index (χ0v) is 12.2. The van der Waals surface area contributed by atoms with Crippen molar-refractivity contribution in [3.8, 4) is 0 Å². The van der Waals surface area contributed by atoms with Gasteiger partial charge in [-0.2, -0.15) is 0 Å². The molecule has 1 aromatic carbocycles. The number of anilines is 1. The van der Waals surface area contributed by atoms with Crippen LogP contribution in [0.15, 0.2) is 34.8 Å². The van der Waals surface area contributed by atoms with E-state index < -0.39 is 0 Å². The molecule has 2 rings (SSSR count). The van der Waals surface area contributed by atoms with Crippen LogP contribution in [0.25, 0.3) is 0 Å². The van der Waals surface area contributed by atoms with Crippen LogP contribution < -0.4 is 5.32 Å². The third-order valence-electron chi connectivity index (χ3n) is 2.34. The Morgan fingerprint density at radius 2 is 2.12 bits per heavy atom. The van der Waals surface area contributed by atoms with E-state index in [1.54, 1.807) is 12.1 Å². The van der Waals surface area contributed by atoms with Crippen LogP contribution >= 0.6 is 38.9 Å². The van der Waals surface area contributed by atoms with Gasteiger partial charge in [0.05, 0.1) is 16.1 Å². The lowest BCUT2D eigenvalue weighted by Crippen LogP contribution is -2.06. The van der Waals surface area contributed by atoms with Crippen LogP contribution in [0, 0.1) is 5.82 Å². The highest BCUT2D eigenvalue weighted by molar-refractivity contribution is 9.10. The van der Waals surface area contributed by atoms with E-state index in [-0.39, 0.29) is 11.9 Å². The van der Waals surface area contributed by atoms with Crippen molar-refractivity contribution < 1.29 is 4.39 Å². The summed E-state index contributed by atoms with van der Waals surface area (Å²) in [6.07, 6.45) is 0. The van der Waals surface area contributed by atoms with Gasteiger partial charge in [0.25, 0.3) is 0 Å². The van der Waals surface area contributed by atoms with Crippen LogP contribution in [-0.2, 0) is 0 Å². The number of para-hydroxylation sites is 1. The molecular formula is C12H10BrClFNS. The Morgan fingerprint density at radius 3 is 2.71 bits per heavy atom. The molecule has 1 atom stereocenters. The highest BCUT2D eigenvalue weighted by Gasteiger charge is 2.12. The second-order valence-electron chi connectivity index (χ2n) is 3.60. The lowest BCUT2D eigenvalue weighted by molar-refractivity contribution is 0.627. The van der Waals surface area contributed by atoms with Crippen LogP contribution in [0.5, 0.6) is 0 Å². The molecule has 0 radical (unpaired) electrons. The minimum absolute atomic E-state index is 0.0145. The molecule has 0 aliphatic carbocycles. The first-order valence-corrected chi connectivity index (χ1v) is 7.02. The van der Waals surface area contributed by atoms with Gasteiger partial charge in [0.15, 0.2) is 0 Å². The quantitative estimate of drug-likeness (QED) is 0.784. The Bertz CT molecular complexity index is 509. The molecule has 0 amide bonds. The average Bonchev–Trinajstić information content (AvgIpc) is 2.70. The van der Waals surface area contributed by atoms with E-state index >= 15 is 0 Å². The summed E-state index contributed by atoms with van der Waals surface area (Å²) in [6, 6.07) is 8.70. The molecule has 1 nitrogen and oxygen atoms in total.